The van der Waals surface area contributed by atoms with E-state index in [2.05, 4.69) is 37.3 Å². The molecule has 0 spiro atoms. The molecule has 0 radical (unpaired) electrons. The Balaban J connectivity index is 2.02. The predicted molar refractivity (Wildman–Crippen MR) is 65.8 cm³/mol. The molecular formula is C9H9BrN4S. The van der Waals surface area contributed by atoms with Gasteiger partial charge in [0.2, 0.25) is 0 Å². The van der Waals surface area contributed by atoms with E-state index >= 15 is 0 Å². The number of nitrogen functional groups attached to an aromatic ring is 1. The second-order valence-corrected chi connectivity index (χ2v) is 4.82. The quantitative estimate of drug-likeness (QED) is 0.909. The third-order valence-electron chi connectivity index (χ3n) is 1.79. The van der Waals surface area contributed by atoms with Crippen molar-refractivity contribution in [3.8, 4) is 0 Å². The SMILES string of the molecule is Nc1cncnc1NCc1cc(Br)cs1. The first-order chi connectivity index (χ1) is 7.25. The number of anilines is 2. The van der Waals surface area contributed by atoms with Gasteiger partial charge in [0, 0.05) is 14.7 Å². The highest BCUT2D eigenvalue weighted by Crippen LogP contribution is 2.21. The van der Waals surface area contributed by atoms with Crippen LogP contribution in [0.3, 0.4) is 0 Å². The van der Waals surface area contributed by atoms with Gasteiger partial charge in [-0.2, -0.15) is 0 Å². The molecule has 6 heteroatoms. The number of hydrogen-bond donors (Lipinski definition) is 2. The average molecular weight is 285 g/mol. The molecule has 78 valence electrons. The van der Waals surface area contributed by atoms with Crippen molar-refractivity contribution in [2.45, 2.75) is 6.54 Å². The number of thiophene rings is 1. The van der Waals surface area contributed by atoms with E-state index in [4.69, 9.17) is 5.73 Å². The van der Waals surface area contributed by atoms with Crippen molar-refractivity contribution in [3.63, 3.8) is 0 Å². The summed E-state index contributed by atoms with van der Waals surface area (Å²) in [6.07, 6.45) is 3.06. The van der Waals surface area contributed by atoms with Crippen LogP contribution in [-0.2, 0) is 6.54 Å². The third-order valence-corrected chi connectivity index (χ3v) is 3.49. The third kappa shape index (κ3) is 2.66. The van der Waals surface area contributed by atoms with E-state index < -0.39 is 0 Å². The first kappa shape index (κ1) is 10.4. The van der Waals surface area contributed by atoms with Gasteiger partial charge >= 0.3 is 0 Å². The fourth-order valence-corrected chi connectivity index (χ4v) is 2.50. The van der Waals surface area contributed by atoms with Crippen LogP contribution >= 0.6 is 27.3 Å². The van der Waals surface area contributed by atoms with Crippen molar-refractivity contribution in [2.75, 3.05) is 11.1 Å². The van der Waals surface area contributed by atoms with Gasteiger partial charge in [0.15, 0.2) is 5.82 Å². The van der Waals surface area contributed by atoms with Crippen molar-refractivity contribution in [1.82, 2.24) is 9.97 Å². The van der Waals surface area contributed by atoms with Gasteiger partial charge in [0.1, 0.15) is 6.33 Å². The Labute approximate surface area is 99.7 Å². The molecule has 0 aliphatic heterocycles. The zero-order valence-electron chi connectivity index (χ0n) is 7.77. The van der Waals surface area contributed by atoms with Gasteiger partial charge in [0.25, 0.3) is 0 Å². The number of nitrogens with zero attached hydrogens (tertiary/aromatic N) is 2. The van der Waals surface area contributed by atoms with Crippen LogP contribution in [-0.4, -0.2) is 9.97 Å². The normalized spacial score (nSPS) is 10.2. The van der Waals surface area contributed by atoms with Crippen molar-refractivity contribution in [2.24, 2.45) is 0 Å². The minimum absolute atomic E-state index is 0.563. The lowest BCUT2D eigenvalue weighted by molar-refractivity contribution is 1.10. The molecule has 0 fully saturated rings. The van der Waals surface area contributed by atoms with Gasteiger partial charge in [0.05, 0.1) is 18.4 Å². The first-order valence-corrected chi connectivity index (χ1v) is 5.95. The van der Waals surface area contributed by atoms with E-state index in [1.54, 1.807) is 17.5 Å². The van der Waals surface area contributed by atoms with E-state index in [1.807, 2.05) is 5.38 Å². The molecule has 2 heterocycles. The van der Waals surface area contributed by atoms with Gasteiger partial charge in [-0.3, -0.25) is 0 Å². The Hall–Kier alpha value is -1.14. The second kappa shape index (κ2) is 4.59. The highest BCUT2D eigenvalue weighted by Gasteiger charge is 2.01. The zero-order valence-corrected chi connectivity index (χ0v) is 10.2. The molecule has 15 heavy (non-hydrogen) atoms. The highest BCUT2D eigenvalue weighted by molar-refractivity contribution is 9.10. The number of aromatic nitrogens is 2. The molecule has 2 aromatic heterocycles. The topological polar surface area (TPSA) is 63.8 Å². The van der Waals surface area contributed by atoms with Crippen LogP contribution < -0.4 is 11.1 Å². The summed E-state index contributed by atoms with van der Waals surface area (Å²) < 4.78 is 1.10. The summed E-state index contributed by atoms with van der Waals surface area (Å²) >= 11 is 5.09. The molecule has 2 aromatic rings. The van der Waals surface area contributed by atoms with Gasteiger partial charge in [-0.15, -0.1) is 11.3 Å². The lowest BCUT2D eigenvalue weighted by atomic mass is 10.4. The van der Waals surface area contributed by atoms with Gasteiger partial charge in [-0.05, 0) is 22.0 Å². The van der Waals surface area contributed by atoms with E-state index in [-0.39, 0.29) is 0 Å². The fraction of sp³-hybridized carbons (Fsp3) is 0.111. The minimum Gasteiger partial charge on any atom is -0.394 e. The molecule has 0 saturated heterocycles. The first-order valence-electron chi connectivity index (χ1n) is 4.28. The zero-order chi connectivity index (χ0) is 10.7. The molecule has 0 atom stereocenters. The molecule has 0 amide bonds. The number of halogens is 1. The number of rotatable bonds is 3. The van der Waals surface area contributed by atoms with Crippen molar-refractivity contribution in [1.29, 1.82) is 0 Å². The summed E-state index contributed by atoms with van der Waals surface area (Å²) in [4.78, 5) is 9.09. The van der Waals surface area contributed by atoms with Crippen LogP contribution in [0.5, 0.6) is 0 Å². The molecule has 0 bridgehead atoms. The van der Waals surface area contributed by atoms with Gasteiger partial charge in [-0.25, -0.2) is 9.97 Å². The Morgan fingerprint density at radius 3 is 3.07 bits per heavy atom. The summed E-state index contributed by atoms with van der Waals surface area (Å²) in [7, 11) is 0. The summed E-state index contributed by atoms with van der Waals surface area (Å²) in [5.41, 5.74) is 6.26. The molecule has 0 aliphatic rings. The smallest absolute Gasteiger partial charge is 0.152 e. The fourth-order valence-electron chi connectivity index (χ4n) is 1.11. The van der Waals surface area contributed by atoms with Crippen LogP contribution in [0.2, 0.25) is 0 Å². The molecule has 0 saturated carbocycles. The summed E-state index contributed by atoms with van der Waals surface area (Å²) in [6.45, 7) is 0.720. The summed E-state index contributed by atoms with van der Waals surface area (Å²) in [5, 5.41) is 5.20. The molecule has 4 nitrogen and oxygen atoms in total. The Morgan fingerprint density at radius 1 is 1.53 bits per heavy atom. The molecular weight excluding hydrogens is 276 g/mol. The maximum absolute atomic E-state index is 5.70. The van der Waals surface area contributed by atoms with Gasteiger partial charge in [-0.1, -0.05) is 0 Å². The monoisotopic (exact) mass is 284 g/mol. The van der Waals surface area contributed by atoms with E-state index in [0.29, 0.717) is 11.5 Å². The standard InChI is InChI=1S/C9H9BrN4S/c10-6-1-7(15-4-6)2-13-9-8(11)3-12-5-14-9/h1,3-5H,2,11H2,(H,12,13,14). The van der Waals surface area contributed by atoms with Crippen LogP contribution in [0, 0.1) is 0 Å². The molecule has 0 aliphatic carbocycles. The summed E-state index contributed by atoms with van der Waals surface area (Å²) in [6, 6.07) is 2.06. The van der Waals surface area contributed by atoms with E-state index in [1.165, 1.54) is 11.2 Å². The lowest BCUT2D eigenvalue weighted by Gasteiger charge is -2.05. The van der Waals surface area contributed by atoms with Crippen molar-refractivity contribution < 1.29 is 0 Å². The molecule has 2 rings (SSSR count). The van der Waals surface area contributed by atoms with Crippen molar-refractivity contribution in [3.05, 3.63) is 33.3 Å². The van der Waals surface area contributed by atoms with E-state index in [9.17, 15) is 0 Å². The number of nitrogens with two attached hydrogens (primary N) is 1. The summed E-state index contributed by atoms with van der Waals surface area (Å²) in [5.74, 6) is 0.675. The molecule has 0 unspecified atom stereocenters. The van der Waals surface area contributed by atoms with Crippen LogP contribution in [0.15, 0.2) is 28.4 Å². The Bertz CT molecular complexity index is 457. The maximum atomic E-state index is 5.70. The van der Waals surface area contributed by atoms with Crippen LogP contribution in [0.1, 0.15) is 4.88 Å². The van der Waals surface area contributed by atoms with Gasteiger partial charge < -0.3 is 11.1 Å². The minimum atomic E-state index is 0.563. The lowest BCUT2D eigenvalue weighted by Crippen LogP contribution is -2.03. The molecule has 3 N–H and O–H groups in total. The van der Waals surface area contributed by atoms with E-state index in [0.717, 1.165) is 11.0 Å². The van der Waals surface area contributed by atoms with Crippen molar-refractivity contribution >= 4 is 38.8 Å². The number of hydrogen-bond acceptors (Lipinski definition) is 5. The Morgan fingerprint density at radius 2 is 2.40 bits per heavy atom. The Kier molecular flexibility index (Phi) is 3.17. The van der Waals surface area contributed by atoms with Crippen LogP contribution in [0.4, 0.5) is 11.5 Å². The predicted octanol–water partition coefficient (Wildman–Crippen LogP) is 2.49. The largest absolute Gasteiger partial charge is 0.394 e. The number of nitrogens with one attached hydrogen (secondary N) is 1. The highest BCUT2D eigenvalue weighted by atomic mass is 79.9. The average Bonchev–Trinajstić information content (AvgIpc) is 2.63. The second-order valence-electron chi connectivity index (χ2n) is 2.91. The van der Waals surface area contributed by atoms with Crippen LogP contribution in [0.25, 0.3) is 0 Å². The maximum Gasteiger partial charge on any atom is 0.152 e. The molecule has 0 aromatic carbocycles.